The summed E-state index contributed by atoms with van der Waals surface area (Å²) in [7, 11) is 0. The van der Waals surface area contributed by atoms with Gasteiger partial charge in [-0.15, -0.1) is 0 Å². The molecule has 0 nitrogen and oxygen atoms in total. The number of hydrogen-bond acceptors (Lipinski definition) is 0. The minimum Gasteiger partial charge on any atom is -0.0622 e. The second-order valence-electron chi connectivity index (χ2n) is 13.2. The third kappa shape index (κ3) is 3.96. The lowest BCUT2D eigenvalue weighted by atomic mass is 9.80. The molecule has 48 heavy (non-hydrogen) atoms. The Kier molecular flexibility index (Phi) is 5.95. The normalized spacial score (nSPS) is 12.2. The van der Waals surface area contributed by atoms with Gasteiger partial charge in [0.15, 0.2) is 0 Å². The first-order valence-electron chi connectivity index (χ1n) is 16.9. The van der Waals surface area contributed by atoms with Crippen LogP contribution in [0.5, 0.6) is 0 Å². The quantitative estimate of drug-likeness (QED) is 0.175. The molecule has 0 radical (unpaired) electrons. The fourth-order valence-corrected chi connectivity index (χ4v) is 8.48. The summed E-state index contributed by atoms with van der Waals surface area (Å²) >= 11 is 0. The van der Waals surface area contributed by atoms with E-state index in [9.17, 15) is 0 Å². The number of rotatable bonds is 3. The number of aryl methyl sites for hydroxylation is 1. The molecule has 1 aliphatic carbocycles. The van der Waals surface area contributed by atoms with Crippen molar-refractivity contribution in [2.75, 3.05) is 0 Å². The molecular formula is C48H32. The first kappa shape index (κ1) is 27.2. The Morgan fingerprint density at radius 3 is 1.58 bits per heavy atom. The van der Waals surface area contributed by atoms with Crippen LogP contribution in [0.2, 0.25) is 0 Å². The van der Waals surface area contributed by atoms with Crippen molar-refractivity contribution in [1.29, 1.82) is 0 Å². The Morgan fingerprint density at radius 2 is 0.875 bits per heavy atom. The van der Waals surface area contributed by atoms with Crippen molar-refractivity contribution in [3.63, 3.8) is 0 Å². The van der Waals surface area contributed by atoms with Crippen molar-refractivity contribution in [2.24, 2.45) is 0 Å². The fourth-order valence-electron chi connectivity index (χ4n) is 8.48. The molecule has 0 heteroatoms. The van der Waals surface area contributed by atoms with Gasteiger partial charge in [0.05, 0.1) is 0 Å². The summed E-state index contributed by atoms with van der Waals surface area (Å²) in [4.78, 5) is 0. The van der Waals surface area contributed by atoms with Gasteiger partial charge in [-0.3, -0.25) is 0 Å². The highest BCUT2D eigenvalue weighted by molar-refractivity contribution is 6.24. The number of benzene rings is 9. The van der Waals surface area contributed by atoms with E-state index < -0.39 is 0 Å². The lowest BCUT2D eigenvalue weighted by Gasteiger charge is -2.24. The van der Waals surface area contributed by atoms with Gasteiger partial charge < -0.3 is 0 Å². The predicted octanol–water partition coefficient (Wildman–Crippen LogP) is 13.2. The molecule has 0 amide bonds. The van der Waals surface area contributed by atoms with Crippen molar-refractivity contribution in [2.45, 2.75) is 13.3 Å². The zero-order valence-electron chi connectivity index (χ0n) is 26.8. The predicted molar refractivity (Wildman–Crippen MR) is 206 cm³/mol. The average molecular weight is 609 g/mol. The molecule has 0 heterocycles. The molecule has 0 N–H and O–H groups in total. The van der Waals surface area contributed by atoms with Crippen molar-refractivity contribution in [3.05, 3.63) is 180 Å². The van der Waals surface area contributed by atoms with Crippen molar-refractivity contribution >= 4 is 43.1 Å². The lowest BCUT2D eigenvalue weighted by molar-refractivity contribution is 1.20. The lowest BCUT2D eigenvalue weighted by Crippen LogP contribution is -2.02. The van der Waals surface area contributed by atoms with Crippen LogP contribution in [0.15, 0.2) is 164 Å². The SMILES string of the molecule is Cc1ccc2c3c(cccc13)Cc1cc(-c3c4ccccc4c(-c4ccc(-c5ccccc5)c5ccccc45)c4ccccc34)ccc1-2. The molecule has 0 bridgehead atoms. The van der Waals surface area contributed by atoms with E-state index in [2.05, 4.69) is 171 Å². The van der Waals surface area contributed by atoms with E-state index in [-0.39, 0.29) is 0 Å². The van der Waals surface area contributed by atoms with Crippen LogP contribution in [0, 0.1) is 6.92 Å². The molecule has 0 saturated heterocycles. The van der Waals surface area contributed by atoms with E-state index in [4.69, 9.17) is 0 Å². The van der Waals surface area contributed by atoms with E-state index >= 15 is 0 Å². The second-order valence-corrected chi connectivity index (χ2v) is 13.2. The zero-order chi connectivity index (χ0) is 31.8. The standard InChI is InChI=1S/C48H32/c1-30-22-24-44-37-25-23-33(29-34(37)28-32-14-11-21-35(30)46(32)44)47-40-17-7-9-19-42(40)48(43-20-10-8-18-41(43)47)45-27-26-36(31-12-3-2-4-13-31)38-15-5-6-16-39(38)45/h2-27,29H,28H2,1H3. The summed E-state index contributed by atoms with van der Waals surface area (Å²) in [5.41, 5.74) is 14.6. The van der Waals surface area contributed by atoms with E-state index in [0.717, 1.165) is 6.42 Å². The Labute approximate surface area is 280 Å². The van der Waals surface area contributed by atoms with Crippen molar-refractivity contribution in [3.8, 4) is 44.5 Å². The first-order chi connectivity index (χ1) is 23.7. The van der Waals surface area contributed by atoms with Crippen LogP contribution in [0.1, 0.15) is 16.7 Å². The number of fused-ring (bicyclic) bond motifs is 5. The summed E-state index contributed by atoms with van der Waals surface area (Å²) in [6.07, 6.45) is 0.949. The van der Waals surface area contributed by atoms with Gasteiger partial charge in [0.2, 0.25) is 0 Å². The van der Waals surface area contributed by atoms with E-state index in [1.54, 1.807) is 0 Å². The van der Waals surface area contributed by atoms with E-state index in [1.165, 1.54) is 104 Å². The Bertz CT molecular complexity index is 2690. The van der Waals surface area contributed by atoms with Crippen LogP contribution >= 0.6 is 0 Å². The van der Waals surface area contributed by atoms with Crippen molar-refractivity contribution in [1.82, 2.24) is 0 Å². The molecule has 1 aliphatic rings. The van der Waals surface area contributed by atoms with Gasteiger partial charge in [-0.05, 0) is 118 Å². The van der Waals surface area contributed by atoms with Crippen molar-refractivity contribution < 1.29 is 0 Å². The number of hydrogen-bond donors (Lipinski definition) is 0. The van der Waals surface area contributed by atoms with Gasteiger partial charge in [-0.25, -0.2) is 0 Å². The molecule has 224 valence electrons. The molecule has 0 unspecified atom stereocenters. The summed E-state index contributed by atoms with van der Waals surface area (Å²) in [5, 5.41) is 10.5. The molecule has 0 aromatic heterocycles. The first-order valence-corrected chi connectivity index (χ1v) is 16.9. The van der Waals surface area contributed by atoms with E-state index in [1.807, 2.05) is 0 Å². The largest absolute Gasteiger partial charge is 0.0622 e. The summed E-state index contributed by atoms with van der Waals surface area (Å²) < 4.78 is 0. The van der Waals surface area contributed by atoms with Crippen LogP contribution in [-0.2, 0) is 6.42 Å². The Morgan fingerprint density at radius 1 is 0.333 bits per heavy atom. The highest BCUT2D eigenvalue weighted by Gasteiger charge is 2.22. The smallest absolute Gasteiger partial charge is 0.00130 e. The second kappa shape index (κ2) is 10.5. The average Bonchev–Trinajstić information content (AvgIpc) is 3.15. The van der Waals surface area contributed by atoms with Gasteiger partial charge in [0.1, 0.15) is 0 Å². The molecule has 0 atom stereocenters. The van der Waals surface area contributed by atoms with Gasteiger partial charge >= 0.3 is 0 Å². The summed E-state index contributed by atoms with van der Waals surface area (Å²) in [6.45, 7) is 2.22. The summed E-state index contributed by atoms with van der Waals surface area (Å²) in [5.74, 6) is 0. The maximum absolute atomic E-state index is 2.47. The third-order valence-electron chi connectivity index (χ3n) is 10.6. The minimum absolute atomic E-state index is 0.949. The molecule has 0 spiro atoms. The van der Waals surface area contributed by atoms with Gasteiger partial charge in [-0.2, -0.15) is 0 Å². The molecule has 9 aromatic rings. The van der Waals surface area contributed by atoms with Gasteiger partial charge in [-0.1, -0.05) is 164 Å². The summed E-state index contributed by atoms with van der Waals surface area (Å²) in [6, 6.07) is 61.0. The zero-order valence-corrected chi connectivity index (χ0v) is 26.8. The third-order valence-corrected chi connectivity index (χ3v) is 10.6. The monoisotopic (exact) mass is 608 g/mol. The van der Waals surface area contributed by atoms with Crippen LogP contribution in [0.3, 0.4) is 0 Å². The Balaban J connectivity index is 1.23. The van der Waals surface area contributed by atoms with E-state index in [0.29, 0.717) is 0 Å². The molecule has 0 saturated carbocycles. The van der Waals surface area contributed by atoms with Crippen LogP contribution in [0.4, 0.5) is 0 Å². The fraction of sp³-hybridized carbons (Fsp3) is 0.0417. The highest BCUT2D eigenvalue weighted by Crippen LogP contribution is 2.48. The Hall–Kier alpha value is -5.98. The molecule has 0 aliphatic heterocycles. The maximum Gasteiger partial charge on any atom is -0.00130 e. The topological polar surface area (TPSA) is 0 Å². The minimum atomic E-state index is 0.949. The molecule has 9 aromatic carbocycles. The molecular weight excluding hydrogens is 577 g/mol. The molecule has 10 rings (SSSR count). The van der Waals surface area contributed by atoms with Crippen LogP contribution in [0.25, 0.3) is 87.6 Å². The van der Waals surface area contributed by atoms with Crippen LogP contribution in [-0.4, -0.2) is 0 Å². The van der Waals surface area contributed by atoms with Crippen LogP contribution < -0.4 is 0 Å². The molecule has 0 fully saturated rings. The van der Waals surface area contributed by atoms with Gasteiger partial charge in [0.25, 0.3) is 0 Å². The highest BCUT2D eigenvalue weighted by atomic mass is 14.3. The van der Waals surface area contributed by atoms with Gasteiger partial charge in [0, 0.05) is 0 Å². The maximum atomic E-state index is 2.47.